The Labute approximate surface area is 70.8 Å². The summed E-state index contributed by atoms with van der Waals surface area (Å²) in [5.41, 5.74) is 0. The maximum absolute atomic E-state index is 10.6. The zero-order valence-corrected chi connectivity index (χ0v) is 7.85. The van der Waals surface area contributed by atoms with Crippen LogP contribution in [0.15, 0.2) is 0 Å². The third-order valence-electron chi connectivity index (χ3n) is 0.792. The summed E-state index contributed by atoms with van der Waals surface area (Å²) < 4.78 is 52.5. The maximum Gasteiger partial charge on any atom is 0.412 e. The van der Waals surface area contributed by atoms with Gasteiger partial charge in [0, 0.05) is 6.54 Å². The number of hydrogen-bond acceptors (Lipinski definition) is 6. The lowest BCUT2D eigenvalue weighted by molar-refractivity contribution is 0.383. The average Bonchev–Trinajstić information content (AvgIpc) is 1.78. The summed E-state index contributed by atoms with van der Waals surface area (Å²) in [6.07, 6.45) is 0. The minimum absolute atomic E-state index is 0.0395. The molecule has 0 aliphatic rings. The van der Waals surface area contributed by atoms with Crippen LogP contribution >= 0.6 is 0 Å². The fourth-order valence-corrected chi connectivity index (χ4v) is 2.17. The fraction of sp³-hybridized carbons (Fsp3) is 1.00. The Hall–Kier alpha value is -0.220. The SMILES string of the molecule is CNCCS(=O)(=O)OS(=O)(=O)O. The van der Waals surface area contributed by atoms with Crippen LogP contribution in [0.2, 0.25) is 0 Å². The maximum atomic E-state index is 10.6. The molecule has 0 unspecified atom stereocenters. The Morgan fingerprint density at radius 3 is 2.17 bits per heavy atom. The van der Waals surface area contributed by atoms with E-state index in [0.29, 0.717) is 0 Å². The summed E-state index contributed by atoms with van der Waals surface area (Å²) in [6, 6.07) is 0. The Morgan fingerprint density at radius 1 is 1.33 bits per heavy atom. The van der Waals surface area contributed by atoms with E-state index >= 15 is 0 Å². The second-order valence-corrected chi connectivity index (χ2v) is 4.78. The van der Waals surface area contributed by atoms with Crippen molar-refractivity contribution in [3.05, 3.63) is 0 Å². The minimum Gasteiger partial charge on any atom is -0.319 e. The summed E-state index contributed by atoms with van der Waals surface area (Å²) in [5.74, 6) is -0.525. The van der Waals surface area contributed by atoms with Gasteiger partial charge in [0.2, 0.25) is 0 Å². The van der Waals surface area contributed by atoms with E-state index < -0.39 is 26.3 Å². The van der Waals surface area contributed by atoms with Gasteiger partial charge in [-0.15, -0.1) is 3.63 Å². The normalized spacial score (nSPS) is 13.2. The molecule has 12 heavy (non-hydrogen) atoms. The molecule has 0 saturated carbocycles. The zero-order chi connectivity index (χ0) is 9.83. The van der Waals surface area contributed by atoms with E-state index in [9.17, 15) is 16.8 Å². The highest BCUT2D eigenvalue weighted by Gasteiger charge is 2.19. The van der Waals surface area contributed by atoms with Crippen molar-refractivity contribution in [1.29, 1.82) is 0 Å². The standard InChI is InChI=1S/C3H9NO6S2/c1-4-2-3-11(5,6)10-12(7,8)9/h4H,2-3H2,1H3,(H,7,8,9). The molecule has 0 aromatic heterocycles. The second-order valence-electron chi connectivity index (χ2n) is 1.86. The minimum atomic E-state index is -4.93. The highest BCUT2D eigenvalue weighted by atomic mass is 32.3. The summed E-state index contributed by atoms with van der Waals surface area (Å²) in [7, 11) is -7.64. The molecule has 74 valence electrons. The van der Waals surface area contributed by atoms with E-state index in [1.165, 1.54) is 7.05 Å². The Bertz CT molecular complexity index is 315. The van der Waals surface area contributed by atoms with E-state index in [1.807, 2.05) is 0 Å². The highest BCUT2D eigenvalue weighted by molar-refractivity contribution is 7.97. The third-order valence-corrected chi connectivity index (χ3v) is 3.01. The Morgan fingerprint density at radius 2 is 1.83 bits per heavy atom. The van der Waals surface area contributed by atoms with Gasteiger partial charge in [-0.1, -0.05) is 0 Å². The predicted octanol–water partition coefficient (Wildman–Crippen LogP) is -1.64. The van der Waals surface area contributed by atoms with Gasteiger partial charge >= 0.3 is 10.4 Å². The third kappa shape index (κ3) is 6.49. The summed E-state index contributed by atoms with van der Waals surface area (Å²) >= 11 is 0. The van der Waals surface area contributed by atoms with Crippen molar-refractivity contribution in [2.24, 2.45) is 0 Å². The van der Waals surface area contributed by atoms with Crippen molar-refractivity contribution in [1.82, 2.24) is 5.32 Å². The largest absolute Gasteiger partial charge is 0.412 e. The van der Waals surface area contributed by atoms with Crippen LogP contribution in [0.5, 0.6) is 0 Å². The van der Waals surface area contributed by atoms with Crippen molar-refractivity contribution in [2.75, 3.05) is 19.3 Å². The first-order valence-electron chi connectivity index (χ1n) is 2.82. The molecule has 0 radical (unpaired) electrons. The molecule has 0 spiro atoms. The van der Waals surface area contributed by atoms with Crippen molar-refractivity contribution >= 4 is 20.5 Å². The highest BCUT2D eigenvalue weighted by Crippen LogP contribution is 1.97. The van der Waals surface area contributed by atoms with Crippen LogP contribution in [0, 0.1) is 0 Å². The van der Waals surface area contributed by atoms with E-state index in [2.05, 4.69) is 8.95 Å². The van der Waals surface area contributed by atoms with Gasteiger partial charge in [0.25, 0.3) is 10.1 Å². The van der Waals surface area contributed by atoms with Gasteiger partial charge in [0.15, 0.2) is 0 Å². The molecule has 9 heteroatoms. The molecule has 0 rings (SSSR count). The van der Waals surface area contributed by atoms with Gasteiger partial charge in [-0.05, 0) is 7.05 Å². The lowest BCUT2D eigenvalue weighted by atomic mass is 10.8. The lowest BCUT2D eigenvalue weighted by Crippen LogP contribution is -2.23. The lowest BCUT2D eigenvalue weighted by Gasteiger charge is -2.00. The monoisotopic (exact) mass is 219 g/mol. The first-order chi connectivity index (χ1) is 5.27. The van der Waals surface area contributed by atoms with E-state index in [-0.39, 0.29) is 6.54 Å². The molecule has 0 aromatic carbocycles. The van der Waals surface area contributed by atoms with E-state index in [1.54, 1.807) is 0 Å². The zero-order valence-electron chi connectivity index (χ0n) is 6.22. The molecule has 0 bridgehead atoms. The molecule has 0 aliphatic carbocycles. The van der Waals surface area contributed by atoms with Gasteiger partial charge in [0.1, 0.15) is 0 Å². The van der Waals surface area contributed by atoms with Gasteiger partial charge < -0.3 is 5.32 Å². The Kier molecular flexibility index (Phi) is 4.06. The molecule has 0 aromatic rings. The van der Waals surface area contributed by atoms with Crippen molar-refractivity contribution in [3.8, 4) is 0 Å². The van der Waals surface area contributed by atoms with Gasteiger partial charge in [-0.3, -0.25) is 4.55 Å². The van der Waals surface area contributed by atoms with Crippen LogP contribution in [0.1, 0.15) is 0 Å². The van der Waals surface area contributed by atoms with Gasteiger partial charge in [-0.25, -0.2) is 0 Å². The number of hydrogen-bond donors (Lipinski definition) is 2. The summed E-state index contributed by atoms with van der Waals surface area (Å²) in [6.45, 7) is 0.0395. The molecule has 0 amide bonds. The quantitative estimate of drug-likeness (QED) is 0.533. The second kappa shape index (κ2) is 4.14. The molecular formula is C3H9NO6S2. The molecular weight excluding hydrogens is 210 g/mol. The summed E-state index contributed by atoms with van der Waals surface area (Å²) in [4.78, 5) is 0. The molecule has 0 saturated heterocycles. The van der Waals surface area contributed by atoms with Crippen molar-refractivity contribution in [3.63, 3.8) is 0 Å². The van der Waals surface area contributed by atoms with Crippen LogP contribution in [0.25, 0.3) is 0 Å². The summed E-state index contributed by atoms with van der Waals surface area (Å²) in [5, 5.41) is 2.47. The van der Waals surface area contributed by atoms with Crippen LogP contribution in [-0.4, -0.2) is 40.7 Å². The first kappa shape index (κ1) is 11.8. The van der Waals surface area contributed by atoms with Crippen molar-refractivity contribution in [2.45, 2.75) is 0 Å². The van der Waals surface area contributed by atoms with Crippen LogP contribution < -0.4 is 5.32 Å². The topological polar surface area (TPSA) is 110 Å². The fourth-order valence-electron chi connectivity index (χ4n) is 0.392. The first-order valence-corrected chi connectivity index (χ1v) is 5.77. The van der Waals surface area contributed by atoms with E-state index in [4.69, 9.17) is 4.55 Å². The molecule has 0 aliphatic heterocycles. The molecule has 0 fully saturated rings. The van der Waals surface area contributed by atoms with Crippen molar-refractivity contribution < 1.29 is 25.0 Å². The molecule has 7 nitrogen and oxygen atoms in total. The molecule has 2 N–H and O–H groups in total. The van der Waals surface area contributed by atoms with Gasteiger partial charge in [0.05, 0.1) is 5.75 Å². The molecule has 0 atom stereocenters. The Balaban J connectivity index is 4.26. The van der Waals surface area contributed by atoms with Crippen LogP contribution in [-0.2, 0) is 24.1 Å². The smallest absolute Gasteiger partial charge is 0.319 e. The number of nitrogens with one attached hydrogen (secondary N) is 1. The average molecular weight is 219 g/mol. The van der Waals surface area contributed by atoms with Crippen LogP contribution in [0.3, 0.4) is 0 Å². The van der Waals surface area contributed by atoms with E-state index in [0.717, 1.165) is 0 Å². The van der Waals surface area contributed by atoms with Crippen LogP contribution in [0.4, 0.5) is 0 Å². The number of rotatable bonds is 5. The molecule has 0 heterocycles. The predicted molar refractivity (Wildman–Crippen MR) is 40.3 cm³/mol. The van der Waals surface area contributed by atoms with Gasteiger partial charge in [-0.2, -0.15) is 16.8 Å².